The van der Waals surface area contributed by atoms with Gasteiger partial charge in [-0.1, -0.05) is 18.2 Å². The number of amides is 1. The smallest absolute Gasteiger partial charge is 0.244 e. The zero-order valence-electron chi connectivity index (χ0n) is 14.2. The van der Waals surface area contributed by atoms with Gasteiger partial charge in [-0.05, 0) is 25.1 Å². The van der Waals surface area contributed by atoms with E-state index in [9.17, 15) is 4.79 Å². The second-order valence-electron chi connectivity index (χ2n) is 6.47. The molecule has 3 heterocycles. The van der Waals surface area contributed by atoms with E-state index in [1.807, 2.05) is 47.5 Å². The number of fused-ring (bicyclic) bond motifs is 1. The van der Waals surface area contributed by atoms with Gasteiger partial charge < -0.3 is 9.80 Å². The molecule has 0 bridgehead atoms. The van der Waals surface area contributed by atoms with Crippen molar-refractivity contribution in [3.63, 3.8) is 0 Å². The lowest BCUT2D eigenvalue weighted by atomic mass is 10.1. The van der Waals surface area contributed by atoms with Crippen molar-refractivity contribution < 1.29 is 4.79 Å². The van der Waals surface area contributed by atoms with E-state index in [2.05, 4.69) is 21.9 Å². The SMILES string of the molecule is CC1CN(c2ccncc2)CCN1C(=O)Cn1cc2ccccc2n1. The van der Waals surface area contributed by atoms with E-state index >= 15 is 0 Å². The molecule has 0 radical (unpaired) electrons. The third-order valence-electron chi connectivity index (χ3n) is 4.73. The highest BCUT2D eigenvalue weighted by atomic mass is 16.2. The van der Waals surface area contributed by atoms with E-state index in [0.717, 1.165) is 36.2 Å². The summed E-state index contributed by atoms with van der Waals surface area (Å²) < 4.78 is 1.74. The molecule has 0 aliphatic carbocycles. The quantitative estimate of drug-likeness (QED) is 0.736. The molecule has 0 saturated carbocycles. The predicted octanol–water partition coefficient (Wildman–Crippen LogP) is 2.17. The van der Waals surface area contributed by atoms with Gasteiger partial charge in [0.15, 0.2) is 0 Å². The van der Waals surface area contributed by atoms with Gasteiger partial charge in [0.1, 0.15) is 6.54 Å². The Morgan fingerprint density at radius 3 is 2.72 bits per heavy atom. The summed E-state index contributed by atoms with van der Waals surface area (Å²) in [7, 11) is 0. The normalized spacial score (nSPS) is 17.9. The Bertz CT molecular complexity index is 843. The number of piperazine rings is 1. The molecule has 1 saturated heterocycles. The first-order valence-electron chi connectivity index (χ1n) is 8.57. The Hall–Kier alpha value is -2.89. The van der Waals surface area contributed by atoms with Crippen LogP contribution in [0.15, 0.2) is 55.0 Å². The van der Waals surface area contributed by atoms with Crippen LogP contribution in [0.4, 0.5) is 5.69 Å². The van der Waals surface area contributed by atoms with Gasteiger partial charge >= 0.3 is 0 Å². The van der Waals surface area contributed by atoms with E-state index in [1.165, 1.54) is 0 Å². The molecule has 1 amide bonds. The Labute approximate surface area is 146 Å². The van der Waals surface area contributed by atoms with Crippen molar-refractivity contribution in [2.24, 2.45) is 0 Å². The minimum atomic E-state index is 0.120. The van der Waals surface area contributed by atoms with Gasteiger partial charge in [0, 0.05) is 55.3 Å². The summed E-state index contributed by atoms with van der Waals surface area (Å²) in [5.41, 5.74) is 2.08. The van der Waals surface area contributed by atoms with Crippen LogP contribution in [0.3, 0.4) is 0 Å². The Balaban J connectivity index is 1.42. The first kappa shape index (κ1) is 15.6. The van der Waals surface area contributed by atoms with Gasteiger partial charge in [0.25, 0.3) is 0 Å². The summed E-state index contributed by atoms with van der Waals surface area (Å²) in [6.45, 7) is 4.78. The first-order chi connectivity index (χ1) is 12.2. The Morgan fingerprint density at radius 2 is 1.96 bits per heavy atom. The van der Waals surface area contributed by atoms with Crippen LogP contribution in [0.2, 0.25) is 0 Å². The van der Waals surface area contributed by atoms with Crippen molar-refractivity contribution in [2.75, 3.05) is 24.5 Å². The molecule has 6 heteroatoms. The summed E-state index contributed by atoms with van der Waals surface area (Å²) in [6, 6.07) is 12.1. The topological polar surface area (TPSA) is 54.3 Å². The lowest BCUT2D eigenvalue weighted by Gasteiger charge is -2.41. The highest BCUT2D eigenvalue weighted by molar-refractivity contribution is 5.80. The first-order valence-corrected chi connectivity index (χ1v) is 8.57. The molecule has 1 aliphatic rings. The van der Waals surface area contributed by atoms with E-state index < -0.39 is 0 Å². The average Bonchev–Trinajstić information content (AvgIpc) is 3.04. The predicted molar refractivity (Wildman–Crippen MR) is 97.4 cm³/mol. The van der Waals surface area contributed by atoms with Crippen molar-refractivity contribution in [1.29, 1.82) is 0 Å². The number of rotatable bonds is 3. The molecule has 0 N–H and O–H groups in total. The number of benzene rings is 1. The van der Waals surface area contributed by atoms with Gasteiger partial charge in [-0.15, -0.1) is 0 Å². The van der Waals surface area contributed by atoms with E-state index in [4.69, 9.17) is 0 Å². The number of anilines is 1. The van der Waals surface area contributed by atoms with Crippen LogP contribution in [-0.2, 0) is 11.3 Å². The molecule has 3 aromatic rings. The number of carbonyl (C=O) groups excluding carboxylic acids is 1. The van der Waals surface area contributed by atoms with Crippen LogP contribution in [0, 0.1) is 0 Å². The molecular formula is C19H21N5O. The molecule has 1 fully saturated rings. The fourth-order valence-electron chi connectivity index (χ4n) is 3.44. The van der Waals surface area contributed by atoms with Crippen molar-refractivity contribution in [1.82, 2.24) is 19.7 Å². The lowest BCUT2D eigenvalue weighted by molar-refractivity contribution is -0.134. The van der Waals surface area contributed by atoms with E-state index in [0.29, 0.717) is 0 Å². The van der Waals surface area contributed by atoms with Crippen molar-refractivity contribution in [3.05, 3.63) is 55.0 Å². The molecule has 1 unspecified atom stereocenters. The zero-order valence-corrected chi connectivity index (χ0v) is 14.2. The molecule has 128 valence electrons. The summed E-state index contributed by atoms with van der Waals surface area (Å²) in [6.07, 6.45) is 5.55. The van der Waals surface area contributed by atoms with Crippen molar-refractivity contribution in [3.8, 4) is 0 Å². The fourth-order valence-corrected chi connectivity index (χ4v) is 3.44. The summed E-state index contributed by atoms with van der Waals surface area (Å²) >= 11 is 0. The van der Waals surface area contributed by atoms with Crippen LogP contribution in [0.1, 0.15) is 6.92 Å². The average molecular weight is 335 g/mol. The lowest BCUT2D eigenvalue weighted by Crippen LogP contribution is -2.54. The van der Waals surface area contributed by atoms with Crippen molar-refractivity contribution in [2.45, 2.75) is 19.5 Å². The Kier molecular flexibility index (Phi) is 4.09. The summed E-state index contributed by atoms with van der Waals surface area (Å²) in [5, 5.41) is 5.55. The summed E-state index contributed by atoms with van der Waals surface area (Å²) in [5.74, 6) is 0.120. The van der Waals surface area contributed by atoms with Gasteiger partial charge in [-0.25, -0.2) is 0 Å². The molecular weight excluding hydrogens is 314 g/mol. The maximum absolute atomic E-state index is 12.7. The number of hydrogen-bond donors (Lipinski definition) is 0. The summed E-state index contributed by atoms with van der Waals surface area (Å²) in [4.78, 5) is 21.1. The molecule has 1 aliphatic heterocycles. The number of pyridine rings is 1. The van der Waals surface area contributed by atoms with Crippen LogP contribution in [0.25, 0.3) is 10.9 Å². The third kappa shape index (κ3) is 3.20. The molecule has 1 atom stereocenters. The van der Waals surface area contributed by atoms with Crippen molar-refractivity contribution >= 4 is 22.5 Å². The monoisotopic (exact) mass is 335 g/mol. The minimum absolute atomic E-state index is 0.120. The standard InChI is InChI=1S/C19H21N5O/c1-15-12-22(17-6-8-20-9-7-17)10-11-24(15)19(25)14-23-13-16-4-2-3-5-18(16)21-23/h2-9,13,15H,10-12,14H2,1H3. The van der Waals surface area contributed by atoms with Gasteiger partial charge in [0.2, 0.25) is 5.91 Å². The highest BCUT2D eigenvalue weighted by Gasteiger charge is 2.27. The maximum Gasteiger partial charge on any atom is 0.244 e. The second kappa shape index (κ2) is 6.55. The second-order valence-corrected chi connectivity index (χ2v) is 6.47. The fraction of sp³-hybridized carbons (Fsp3) is 0.316. The van der Waals surface area contributed by atoms with Crippen LogP contribution < -0.4 is 4.90 Å². The largest absolute Gasteiger partial charge is 0.368 e. The zero-order chi connectivity index (χ0) is 17.2. The number of nitrogens with zero attached hydrogens (tertiary/aromatic N) is 5. The maximum atomic E-state index is 12.7. The highest BCUT2D eigenvalue weighted by Crippen LogP contribution is 2.19. The van der Waals surface area contributed by atoms with E-state index in [-0.39, 0.29) is 18.5 Å². The molecule has 6 nitrogen and oxygen atoms in total. The number of carbonyl (C=O) groups is 1. The van der Waals surface area contributed by atoms with Gasteiger partial charge in [0.05, 0.1) is 5.52 Å². The molecule has 25 heavy (non-hydrogen) atoms. The number of hydrogen-bond acceptors (Lipinski definition) is 4. The molecule has 2 aromatic heterocycles. The van der Waals surface area contributed by atoms with Crippen LogP contribution in [-0.4, -0.2) is 51.2 Å². The molecule has 1 aromatic carbocycles. The van der Waals surface area contributed by atoms with Gasteiger partial charge in [-0.2, -0.15) is 5.10 Å². The third-order valence-corrected chi connectivity index (χ3v) is 4.73. The van der Waals surface area contributed by atoms with Crippen LogP contribution in [0.5, 0.6) is 0 Å². The Morgan fingerprint density at radius 1 is 1.16 bits per heavy atom. The molecule has 4 rings (SSSR count). The van der Waals surface area contributed by atoms with Gasteiger partial charge in [-0.3, -0.25) is 14.5 Å². The van der Waals surface area contributed by atoms with Crippen LogP contribution >= 0.6 is 0 Å². The minimum Gasteiger partial charge on any atom is -0.368 e. The molecule has 0 spiro atoms. The number of aromatic nitrogens is 3. The van der Waals surface area contributed by atoms with E-state index in [1.54, 1.807) is 17.1 Å².